The molecule has 4 aromatic rings. The number of hydrogen-bond donors (Lipinski definition) is 1. The zero-order valence-electron chi connectivity index (χ0n) is 18.6. The Balaban J connectivity index is 1.53. The van der Waals surface area contributed by atoms with Crippen LogP contribution >= 0.6 is 0 Å². The van der Waals surface area contributed by atoms with Crippen LogP contribution in [0.5, 0.6) is 6.01 Å². The van der Waals surface area contributed by atoms with Gasteiger partial charge in [0.2, 0.25) is 0 Å². The molecule has 1 aromatic carbocycles. The number of fused-ring (bicyclic) bond motifs is 2. The molecule has 0 unspecified atom stereocenters. The first-order chi connectivity index (χ1) is 16.0. The summed E-state index contributed by atoms with van der Waals surface area (Å²) in [7, 11) is 1.84. The second kappa shape index (κ2) is 7.30. The van der Waals surface area contributed by atoms with Crippen LogP contribution in [0, 0.1) is 0 Å². The summed E-state index contributed by atoms with van der Waals surface area (Å²) in [6.07, 6.45) is 7.49. The van der Waals surface area contributed by atoms with Gasteiger partial charge in [-0.15, -0.1) is 0 Å². The van der Waals surface area contributed by atoms with Crippen molar-refractivity contribution in [2.45, 2.75) is 31.9 Å². The molecule has 8 nitrogen and oxygen atoms in total. The fourth-order valence-corrected chi connectivity index (χ4v) is 4.19. The summed E-state index contributed by atoms with van der Waals surface area (Å²) in [4.78, 5) is 28.5. The molecule has 1 aliphatic carbocycles. The molecule has 0 saturated heterocycles. The van der Waals surface area contributed by atoms with Crippen LogP contribution in [0.4, 0.5) is 11.4 Å². The number of hydrogen-bond acceptors (Lipinski definition) is 6. The first-order valence-electron chi connectivity index (χ1n) is 11.1. The van der Waals surface area contributed by atoms with Crippen LogP contribution in [0.25, 0.3) is 22.2 Å². The maximum absolute atomic E-state index is 13.2. The maximum Gasteiger partial charge on any atom is 0.317 e. The number of nitrogens with zero attached hydrogens (tertiary/aromatic N) is 5. The molecular formula is C25H24N6O2. The summed E-state index contributed by atoms with van der Waals surface area (Å²) in [5.41, 5.74) is 5.29. The fraction of sp³-hybridized carbons (Fsp3) is 0.280. The Labute approximate surface area is 191 Å². The highest BCUT2D eigenvalue weighted by Crippen LogP contribution is 2.41. The number of carbonyl (C=O) groups excluding carboxylic acids is 1. The summed E-state index contributed by atoms with van der Waals surface area (Å²) < 4.78 is 8.05. The number of carbonyl (C=O) groups is 1. The van der Waals surface area contributed by atoms with E-state index in [4.69, 9.17) is 9.72 Å². The lowest BCUT2D eigenvalue weighted by molar-refractivity contribution is 0.0750. The minimum absolute atomic E-state index is 0.00963. The van der Waals surface area contributed by atoms with Crippen LogP contribution in [0.15, 0.2) is 55.0 Å². The van der Waals surface area contributed by atoms with Crippen LogP contribution in [0.3, 0.4) is 0 Å². The molecule has 8 heteroatoms. The van der Waals surface area contributed by atoms with Gasteiger partial charge in [0.25, 0.3) is 5.91 Å². The van der Waals surface area contributed by atoms with Gasteiger partial charge in [0, 0.05) is 49.3 Å². The topological polar surface area (TPSA) is 85.2 Å². The molecule has 4 heterocycles. The minimum Gasteiger partial charge on any atom is -0.457 e. The first kappa shape index (κ1) is 19.7. The maximum atomic E-state index is 13.2. The smallest absolute Gasteiger partial charge is 0.317 e. The van der Waals surface area contributed by atoms with Crippen LogP contribution < -0.4 is 10.1 Å². The summed E-state index contributed by atoms with van der Waals surface area (Å²) >= 11 is 0. The molecule has 1 aliphatic heterocycles. The van der Waals surface area contributed by atoms with E-state index in [0.717, 1.165) is 41.9 Å². The van der Waals surface area contributed by atoms with Gasteiger partial charge in [-0.2, -0.15) is 4.98 Å². The number of aromatic nitrogens is 4. The van der Waals surface area contributed by atoms with E-state index in [2.05, 4.69) is 22.2 Å². The molecule has 166 valence electrons. The van der Waals surface area contributed by atoms with Gasteiger partial charge in [0.1, 0.15) is 22.3 Å². The van der Waals surface area contributed by atoms with Gasteiger partial charge in [-0.3, -0.25) is 9.78 Å². The van der Waals surface area contributed by atoms with Gasteiger partial charge in [-0.05, 0) is 38.0 Å². The highest BCUT2D eigenvalue weighted by molar-refractivity contribution is 6.06. The molecule has 1 fully saturated rings. The zero-order chi connectivity index (χ0) is 22.6. The number of amides is 1. The van der Waals surface area contributed by atoms with Crippen molar-refractivity contribution in [2.75, 3.05) is 18.9 Å². The number of pyridine rings is 1. The molecule has 0 atom stereocenters. The molecule has 6 rings (SSSR count). The predicted octanol–water partition coefficient (Wildman–Crippen LogP) is 4.25. The lowest BCUT2D eigenvalue weighted by Crippen LogP contribution is -2.37. The first-order valence-corrected chi connectivity index (χ1v) is 11.1. The van der Waals surface area contributed by atoms with E-state index in [1.54, 1.807) is 17.3 Å². The number of anilines is 2. The average molecular weight is 441 g/mol. The SMILES string of the molecule is CN1CCn2cc(-c3ccnc4cnc(OC5(C)CC5)nc34)c(Nc3ccccc3)c2C1=O. The molecule has 0 bridgehead atoms. The second-order valence-corrected chi connectivity index (χ2v) is 8.97. The van der Waals surface area contributed by atoms with Crippen molar-refractivity contribution in [1.29, 1.82) is 0 Å². The lowest BCUT2D eigenvalue weighted by Gasteiger charge is -2.25. The van der Waals surface area contributed by atoms with Crippen molar-refractivity contribution in [3.05, 3.63) is 60.7 Å². The zero-order valence-corrected chi connectivity index (χ0v) is 18.6. The number of rotatable bonds is 5. The highest BCUT2D eigenvalue weighted by Gasteiger charge is 2.41. The molecule has 0 radical (unpaired) electrons. The van der Waals surface area contributed by atoms with Crippen LogP contribution in [-0.2, 0) is 6.54 Å². The van der Waals surface area contributed by atoms with E-state index in [0.29, 0.717) is 29.3 Å². The van der Waals surface area contributed by atoms with Crippen molar-refractivity contribution in [2.24, 2.45) is 0 Å². The van der Waals surface area contributed by atoms with Crippen molar-refractivity contribution >= 4 is 28.3 Å². The van der Waals surface area contributed by atoms with Gasteiger partial charge in [0.15, 0.2) is 0 Å². The third-order valence-corrected chi connectivity index (χ3v) is 6.39. The highest BCUT2D eigenvalue weighted by atomic mass is 16.5. The lowest BCUT2D eigenvalue weighted by atomic mass is 10.1. The fourth-order valence-electron chi connectivity index (χ4n) is 4.19. The van der Waals surface area contributed by atoms with E-state index < -0.39 is 0 Å². The summed E-state index contributed by atoms with van der Waals surface area (Å²) in [5, 5.41) is 3.49. The van der Waals surface area contributed by atoms with Crippen molar-refractivity contribution < 1.29 is 9.53 Å². The number of likely N-dealkylation sites (N-methyl/N-ethyl adjacent to an activating group) is 1. The van der Waals surface area contributed by atoms with Crippen molar-refractivity contribution in [1.82, 2.24) is 24.4 Å². The van der Waals surface area contributed by atoms with Gasteiger partial charge in [0.05, 0.1) is 11.9 Å². The number of nitrogens with one attached hydrogen (secondary N) is 1. The molecule has 1 N–H and O–H groups in total. The van der Waals surface area contributed by atoms with Crippen molar-refractivity contribution in [3.63, 3.8) is 0 Å². The third-order valence-electron chi connectivity index (χ3n) is 6.39. The van der Waals surface area contributed by atoms with Crippen LogP contribution in [0.1, 0.15) is 30.3 Å². The molecular weight excluding hydrogens is 416 g/mol. The predicted molar refractivity (Wildman–Crippen MR) is 126 cm³/mol. The summed E-state index contributed by atoms with van der Waals surface area (Å²) in [6, 6.07) is 12.2. The normalized spacial score (nSPS) is 16.5. The molecule has 2 aliphatic rings. The monoisotopic (exact) mass is 440 g/mol. The number of benzene rings is 1. The van der Waals surface area contributed by atoms with Gasteiger partial charge < -0.3 is 19.5 Å². The number of para-hydroxylation sites is 1. The van der Waals surface area contributed by atoms with E-state index >= 15 is 0 Å². The largest absolute Gasteiger partial charge is 0.457 e. The Morgan fingerprint density at radius 2 is 1.88 bits per heavy atom. The molecule has 1 saturated carbocycles. The van der Waals surface area contributed by atoms with E-state index in [9.17, 15) is 4.79 Å². The Hall–Kier alpha value is -3.94. The standard InChI is InChI=1S/C25H24N6O2/c1-25(9-10-25)33-24-27-14-19-20(29-24)17(8-11-26-19)18-15-31-13-12-30(2)23(32)22(31)21(18)28-16-6-4-3-5-7-16/h3-8,11,14-15,28H,9-10,12-13H2,1-2H3. The Morgan fingerprint density at radius 1 is 1.06 bits per heavy atom. The molecule has 3 aromatic heterocycles. The van der Waals surface area contributed by atoms with Gasteiger partial charge in [-0.1, -0.05) is 18.2 Å². The van der Waals surface area contributed by atoms with E-state index in [1.807, 2.05) is 54.2 Å². The van der Waals surface area contributed by atoms with Crippen molar-refractivity contribution in [3.8, 4) is 17.1 Å². The van der Waals surface area contributed by atoms with E-state index in [-0.39, 0.29) is 11.5 Å². The Morgan fingerprint density at radius 3 is 2.67 bits per heavy atom. The second-order valence-electron chi connectivity index (χ2n) is 8.97. The van der Waals surface area contributed by atoms with Crippen LogP contribution in [0.2, 0.25) is 0 Å². The Bertz CT molecular complexity index is 1380. The number of ether oxygens (including phenoxy) is 1. The quantitative estimate of drug-likeness (QED) is 0.499. The summed E-state index contributed by atoms with van der Waals surface area (Å²) in [5.74, 6) is -0.00963. The third kappa shape index (κ3) is 3.47. The summed E-state index contributed by atoms with van der Waals surface area (Å²) in [6.45, 7) is 3.46. The van der Waals surface area contributed by atoms with Gasteiger partial charge >= 0.3 is 6.01 Å². The molecule has 1 amide bonds. The minimum atomic E-state index is -0.178. The van der Waals surface area contributed by atoms with Gasteiger partial charge in [-0.25, -0.2) is 4.98 Å². The molecule has 33 heavy (non-hydrogen) atoms. The molecule has 0 spiro atoms. The average Bonchev–Trinajstić information content (AvgIpc) is 3.44. The Kier molecular flexibility index (Phi) is 4.36. The van der Waals surface area contributed by atoms with E-state index in [1.165, 1.54) is 0 Å². The van der Waals surface area contributed by atoms with Crippen LogP contribution in [-0.4, -0.2) is 49.5 Å².